The second-order valence-corrected chi connectivity index (χ2v) is 6.63. The Balaban J connectivity index is 1.61. The molecular weight excluding hydrogens is 351 g/mol. The third kappa shape index (κ3) is 3.97. The van der Waals surface area contributed by atoms with Crippen molar-refractivity contribution in [1.29, 1.82) is 0 Å². The quantitative estimate of drug-likeness (QED) is 0.700. The second-order valence-electron chi connectivity index (χ2n) is 5.52. The highest BCUT2D eigenvalue weighted by molar-refractivity contribution is 7.18. The van der Waals surface area contributed by atoms with E-state index in [9.17, 15) is 18.0 Å². The van der Waals surface area contributed by atoms with E-state index in [4.69, 9.17) is 0 Å². The number of fused-ring (bicyclic) bond motifs is 1. The largest absolute Gasteiger partial charge is 0.322 e. The molecule has 0 aliphatic rings. The summed E-state index contributed by atoms with van der Waals surface area (Å²) in [6.45, 7) is 0.390. The summed E-state index contributed by atoms with van der Waals surface area (Å²) in [5.41, 5.74) is 0.501. The Morgan fingerprint density at radius 1 is 1.16 bits per heavy atom. The molecule has 0 atom stereocenters. The van der Waals surface area contributed by atoms with Crippen molar-refractivity contribution < 1.29 is 18.0 Å². The molecule has 130 valence electrons. The van der Waals surface area contributed by atoms with Gasteiger partial charge in [0.05, 0.1) is 29.0 Å². The number of carbonyl (C=O) groups is 1. The lowest BCUT2D eigenvalue weighted by atomic mass is 10.2. The molecule has 4 nitrogen and oxygen atoms in total. The van der Waals surface area contributed by atoms with Crippen molar-refractivity contribution in [1.82, 2.24) is 9.88 Å². The zero-order chi connectivity index (χ0) is 18.0. The number of amides is 1. The minimum atomic E-state index is -1.61. The number of aromatic nitrogens is 1. The Hall–Kier alpha value is -2.45. The van der Waals surface area contributed by atoms with E-state index >= 15 is 0 Å². The summed E-state index contributed by atoms with van der Waals surface area (Å²) in [5.74, 6) is -4.86. The lowest BCUT2D eigenvalue weighted by Crippen LogP contribution is -2.30. The fourth-order valence-electron chi connectivity index (χ4n) is 2.33. The molecule has 0 spiro atoms. The van der Waals surface area contributed by atoms with Gasteiger partial charge in [-0.15, -0.1) is 11.3 Å². The Kier molecular flexibility index (Phi) is 5.00. The fourth-order valence-corrected chi connectivity index (χ4v) is 3.38. The molecule has 1 heterocycles. The number of nitrogens with zero attached hydrogens (tertiary/aromatic N) is 2. The van der Waals surface area contributed by atoms with E-state index in [0.717, 1.165) is 27.4 Å². The van der Waals surface area contributed by atoms with E-state index in [1.807, 2.05) is 24.3 Å². The normalized spacial score (nSPS) is 11.2. The molecule has 1 aromatic heterocycles. The maximum atomic E-state index is 13.6. The number of hydrogen-bond acceptors (Lipinski definition) is 4. The molecule has 1 amide bonds. The average molecular weight is 365 g/mol. The minimum absolute atomic E-state index is 0.0473. The van der Waals surface area contributed by atoms with Crippen LogP contribution in [0.15, 0.2) is 36.4 Å². The van der Waals surface area contributed by atoms with E-state index < -0.39 is 29.0 Å². The summed E-state index contributed by atoms with van der Waals surface area (Å²) >= 11 is 1.53. The predicted molar refractivity (Wildman–Crippen MR) is 90.9 cm³/mol. The van der Waals surface area contributed by atoms with E-state index in [2.05, 4.69) is 10.3 Å². The molecule has 0 saturated heterocycles. The number of rotatable bonds is 5. The Morgan fingerprint density at radius 3 is 2.68 bits per heavy atom. The second kappa shape index (κ2) is 7.20. The molecule has 0 radical (unpaired) electrons. The van der Waals surface area contributed by atoms with Gasteiger partial charge in [-0.05, 0) is 31.3 Å². The van der Waals surface area contributed by atoms with Crippen LogP contribution in [0.1, 0.15) is 5.01 Å². The molecule has 1 N–H and O–H groups in total. The summed E-state index contributed by atoms with van der Waals surface area (Å²) in [7, 11) is 1.72. The molecule has 0 saturated carbocycles. The number of thiazole rings is 1. The number of hydrogen-bond donors (Lipinski definition) is 1. The molecule has 8 heteroatoms. The first-order valence-electron chi connectivity index (χ1n) is 7.40. The maximum absolute atomic E-state index is 13.6. The van der Waals surface area contributed by atoms with Crippen LogP contribution in [0.3, 0.4) is 0 Å². The molecule has 25 heavy (non-hydrogen) atoms. The average Bonchev–Trinajstić information content (AvgIpc) is 2.97. The number of likely N-dealkylation sites (N-methyl/N-ethyl adjacent to an activating group) is 1. The van der Waals surface area contributed by atoms with Gasteiger partial charge in [0.25, 0.3) is 0 Å². The van der Waals surface area contributed by atoms with Crippen molar-refractivity contribution in [3.63, 3.8) is 0 Å². The zero-order valence-electron chi connectivity index (χ0n) is 13.2. The Bertz CT molecular complexity index is 896. The standard InChI is InChI=1S/C17H14F3N3OS/c1-23(9-15-22-11-4-2-3-5-13(11)25-15)8-14(24)21-12-7-6-10(18)16(19)17(12)20/h2-7H,8-9H2,1H3,(H,21,24). The summed E-state index contributed by atoms with van der Waals surface area (Å²) in [5, 5.41) is 3.09. The van der Waals surface area contributed by atoms with Crippen molar-refractivity contribution in [2.45, 2.75) is 6.54 Å². The number of nitrogens with one attached hydrogen (secondary N) is 1. The first kappa shape index (κ1) is 17.4. The van der Waals surface area contributed by atoms with Crippen molar-refractivity contribution in [3.8, 4) is 0 Å². The maximum Gasteiger partial charge on any atom is 0.238 e. The van der Waals surface area contributed by atoms with E-state index in [1.54, 1.807) is 11.9 Å². The van der Waals surface area contributed by atoms with Crippen LogP contribution in [0.25, 0.3) is 10.2 Å². The van der Waals surface area contributed by atoms with Crippen LogP contribution >= 0.6 is 11.3 Å². The number of para-hydroxylation sites is 1. The van der Waals surface area contributed by atoms with Gasteiger partial charge in [0, 0.05) is 0 Å². The van der Waals surface area contributed by atoms with Gasteiger partial charge in [-0.3, -0.25) is 9.69 Å². The molecule has 3 aromatic rings. The molecular formula is C17H14F3N3OS. The van der Waals surface area contributed by atoms with Gasteiger partial charge in [0.15, 0.2) is 17.5 Å². The lowest BCUT2D eigenvalue weighted by Gasteiger charge is -2.15. The monoisotopic (exact) mass is 365 g/mol. The van der Waals surface area contributed by atoms with Crippen LogP contribution in [-0.4, -0.2) is 29.4 Å². The van der Waals surface area contributed by atoms with Gasteiger partial charge in [0.1, 0.15) is 5.01 Å². The van der Waals surface area contributed by atoms with Gasteiger partial charge < -0.3 is 5.32 Å². The Morgan fingerprint density at radius 2 is 1.92 bits per heavy atom. The summed E-state index contributed by atoms with van der Waals surface area (Å²) in [6.07, 6.45) is 0. The van der Waals surface area contributed by atoms with Crippen LogP contribution < -0.4 is 5.32 Å². The Labute approximate surface area is 145 Å². The molecule has 0 bridgehead atoms. The van der Waals surface area contributed by atoms with Crippen molar-refractivity contribution in [2.24, 2.45) is 0 Å². The smallest absolute Gasteiger partial charge is 0.238 e. The molecule has 0 unspecified atom stereocenters. The number of halogens is 3. The summed E-state index contributed by atoms with van der Waals surface area (Å²) in [6, 6.07) is 9.46. The van der Waals surface area contributed by atoms with Gasteiger partial charge in [-0.25, -0.2) is 18.2 Å². The highest BCUT2D eigenvalue weighted by Crippen LogP contribution is 2.22. The minimum Gasteiger partial charge on any atom is -0.322 e. The van der Waals surface area contributed by atoms with E-state index in [0.29, 0.717) is 6.54 Å². The molecule has 0 fully saturated rings. The molecule has 3 rings (SSSR count). The van der Waals surface area contributed by atoms with Gasteiger partial charge >= 0.3 is 0 Å². The van der Waals surface area contributed by atoms with Crippen LogP contribution in [0.4, 0.5) is 18.9 Å². The first-order chi connectivity index (χ1) is 11.9. The molecule has 2 aromatic carbocycles. The lowest BCUT2D eigenvalue weighted by molar-refractivity contribution is -0.117. The fraction of sp³-hybridized carbons (Fsp3) is 0.176. The zero-order valence-corrected chi connectivity index (χ0v) is 14.0. The van der Waals surface area contributed by atoms with Gasteiger partial charge in [-0.1, -0.05) is 12.1 Å². The summed E-state index contributed by atoms with van der Waals surface area (Å²) < 4.78 is 40.7. The van der Waals surface area contributed by atoms with Crippen molar-refractivity contribution in [3.05, 3.63) is 58.9 Å². The van der Waals surface area contributed by atoms with E-state index in [1.165, 1.54) is 11.3 Å². The number of anilines is 1. The van der Waals surface area contributed by atoms with Gasteiger partial charge in [-0.2, -0.15) is 0 Å². The first-order valence-corrected chi connectivity index (χ1v) is 8.22. The van der Waals surface area contributed by atoms with Crippen LogP contribution in [0.5, 0.6) is 0 Å². The van der Waals surface area contributed by atoms with E-state index in [-0.39, 0.29) is 6.54 Å². The van der Waals surface area contributed by atoms with Crippen molar-refractivity contribution >= 4 is 33.1 Å². The molecule has 0 aliphatic carbocycles. The summed E-state index contributed by atoms with van der Waals surface area (Å²) in [4.78, 5) is 18.2. The predicted octanol–water partition coefficient (Wildman–Crippen LogP) is 3.78. The van der Waals surface area contributed by atoms with Crippen molar-refractivity contribution in [2.75, 3.05) is 18.9 Å². The molecule has 0 aliphatic heterocycles. The topological polar surface area (TPSA) is 45.2 Å². The third-order valence-corrected chi connectivity index (χ3v) is 4.49. The van der Waals surface area contributed by atoms with Crippen LogP contribution in [0.2, 0.25) is 0 Å². The van der Waals surface area contributed by atoms with Crippen LogP contribution in [-0.2, 0) is 11.3 Å². The SMILES string of the molecule is CN(CC(=O)Nc1ccc(F)c(F)c1F)Cc1nc2ccccc2s1. The van der Waals surface area contributed by atoms with Crippen LogP contribution in [0, 0.1) is 17.5 Å². The third-order valence-electron chi connectivity index (χ3n) is 3.47. The number of carbonyl (C=O) groups excluding carboxylic acids is 1. The highest BCUT2D eigenvalue weighted by atomic mass is 32.1. The number of benzene rings is 2. The highest BCUT2D eigenvalue weighted by Gasteiger charge is 2.16. The van der Waals surface area contributed by atoms with Gasteiger partial charge in [0.2, 0.25) is 5.91 Å².